The minimum absolute atomic E-state index is 0.0155. The molecule has 0 fully saturated rings. The molecular formula is C44H47N9O7S. The molecule has 0 spiro atoms. The molecule has 0 aliphatic carbocycles. The summed E-state index contributed by atoms with van der Waals surface area (Å²) in [6.45, 7) is 14.2. The fourth-order valence-electron chi connectivity index (χ4n) is 7.15. The second kappa shape index (κ2) is 17.6. The number of nitrogens with one attached hydrogen (secondary N) is 4. The Balaban J connectivity index is 1.13. The maximum Gasteiger partial charge on any atom is 0.366 e. The average molecular weight is 846 g/mol. The number of phenols is 2. The van der Waals surface area contributed by atoms with Gasteiger partial charge in [0.2, 0.25) is 11.7 Å². The van der Waals surface area contributed by atoms with Crippen LogP contribution in [0.5, 0.6) is 11.5 Å². The summed E-state index contributed by atoms with van der Waals surface area (Å²) in [6, 6.07) is 22.6. The van der Waals surface area contributed by atoms with Gasteiger partial charge in [0.15, 0.2) is 5.75 Å². The van der Waals surface area contributed by atoms with E-state index in [1.807, 2.05) is 13.0 Å². The van der Waals surface area contributed by atoms with Gasteiger partial charge >= 0.3 is 6.01 Å². The van der Waals surface area contributed by atoms with Crippen LogP contribution >= 0.6 is 0 Å². The number of hydrogen-bond acceptors (Lipinski definition) is 13. The molecule has 0 radical (unpaired) electrons. The highest BCUT2D eigenvalue weighted by molar-refractivity contribution is 7.92. The van der Waals surface area contributed by atoms with Gasteiger partial charge in [0.25, 0.3) is 15.9 Å². The lowest BCUT2D eigenvalue weighted by atomic mass is 9.71. The number of nitrogens with zero attached hydrogens (tertiary/aromatic N) is 5. The van der Waals surface area contributed by atoms with Crippen molar-refractivity contribution in [1.82, 2.24) is 15.1 Å². The van der Waals surface area contributed by atoms with Crippen molar-refractivity contribution in [1.29, 1.82) is 0 Å². The van der Waals surface area contributed by atoms with Crippen LogP contribution in [0.3, 0.4) is 0 Å². The maximum atomic E-state index is 13.5. The number of rotatable bonds is 14. The van der Waals surface area contributed by atoms with Gasteiger partial charge in [-0.25, -0.2) is 8.42 Å². The molecule has 0 saturated carbocycles. The number of carbonyl (C=O) groups excluding carboxylic acids is 2. The van der Waals surface area contributed by atoms with Crippen molar-refractivity contribution in [2.75, 3.05) is 20.7 Å². The highest BCUT2D eigenvalue weighted by Crippen LogP contribution is 2.41. The molecular weight excluding hydrogens is 799 g/mol. The molecule has 2 amide bonds. The number of hydrogen-bond donors (Lipinski definition) is 6. The molecule has 0 bridgehead atoms. The fourth-order valence-corrected chi connectivity index (χ4v) is 8.28. The number of phenolic OH excluding ortho intramolecular Hbond substituents is 2. The van der Waals surface area contributed by atoms with E-state index in [0.29, 0.717) is 16.8 Å². The van der Waals surface area contributed by atoms with E-state index in [0.717, 1.165) is 17.5 Å². The van der Waals surface area contributed by atoms with E-state index in [2.05, 4.69) is 80.6 Å². The number of azo groups is 1. The summed E-state index contributed by atoms with van der Waals surface area (Å²) in [4.78, 5) is 32.9. The molecule has 6 aromatic rings. The van der Waals surface area contributed by atoms with Crippen molar-refractivity contribution in [3.05, 3.63) is 120 Å². The minimum Gasteiger partial charge on any atom is -0.506 e. The lowest BCUT2D eigenvalue weighted by Crippen LogP contribution is -2.26. The molecule has 2 aromatic heterocycles. The number of carbonyl (C=O) groups is 2. The first-order chi connectivity index (χ1) is 28.8. The smallest absolute Gasteiger partial charge is 0.366 e. The quantitative estimate of drug-likeness (QED) is 0.0446. The first-order valence-electron chi connectivity index (χ1n) is 19.2. The zero-order chi connectivity index (χ0) is 44.1. The number of pyridine rings is 1. The van der Waals surface area contributed by atoms with Crippen LogP contribution in [0.15, 0.2) is 117 Å². The normalized spacial score (nSPS) is 12.0. The molecule has 2 heterocycles. The van der Waals surface area contributed by atoms with Crippen molar-refractivity contribution in [2.45, 2.75) is 71.7 Å². The Morgan fingerprint density at radius 2 is 1.59 bits per heavy atom. The van der Waals surface area contributed by atoms with Crippen LogP contribution in [-0.2, 0) is 26.8 Å². The number of sulfonamides is 1. The largest absolute Gasteiger partial charge is 0.506 e. The van der Waals surface area contributed by atoms with Crippen molar-refractivity contribution >= 4 is 56.3 Å². The summed E-state index contributed by atoms with van der Waals surface area (Å²) in [5.74, 6) is -1.35. The van der Waals surface area contributed by atoms with Crippen LogP contribution in [0, 0.1) is 12.3 Å². The van der Waals surface area contributed by atoms with E-state index in [1.54, 1.807) is 60.7 Å². The summed E-state index contributed by atoms with van der Waals surface area (Å²) in [7, 11) is -4.05. The van der Waals surface area contributed by atoms with E-state index >= 15 is 0 Å². The van der Waals surface area contributed by atoms with Gasteiger partial charge in [0.1, 0.15) is 5.75 Å². The first kappa shape index (κ1) is 43.4. The van der Waals surface area contributed by atoms with Crippen LogP contribution < -0.4 is 20.7 Å². The molecule has 316 valence electrons. The summed E-state index contributed by atoms with van der Waals surface area (Å²) in [6.07, 6.45) is 3.75. The molecule has 0 aliphatic rings. The van der Waals surface area contributed by atoms with Gasteiger partial charge in [0, 0.05) is 37.1 Å². The third-order valence-corrected chi connectivity index (χ3v) is 10.7. The second-order valence-electron chi connectivity index (χ2n) is 16.4. The highest BCUT2D eigenvalue weighted by atomic mass is 32.2. The summed E-state index contributed by atoms with van der Waals surface area (Å²) in [5, 5.41) is 42.2. The van der Waals surface area contributed by atoms with Crippen LogP contribution in [0.1, 0.15) is 75.0 Å². The topological polar surface area (TPSA) is 233 Å². The Morgan fingerprint density at radius 3 is 2.30 bits per heavy atom. The molecule has 17 heteroatoms. The SMILES string of the molecule is CC(=O)Nc1cc(N=Nc2nc(-c3cccc(NCc4cccc(S(=O)(=O)Nc5cc(C)c(C(C)(C)CC(C)(C)C)cc5O)c4)c3)no2)cc(NC(=O)c2cccnc2)c1O. The standard InChI is InChI=1S/C44H47N9O7S/c1-26-17-35(38(55)22-34(26)44(6,7)25-43(3,4)5)53-61(58,59)33-15-8-11-28(18-33)23-46-31-14-9-12-29(19-31)40-49-42(60-52-40)51-50-32-20-36(47-27(2)54)39(56)37(21-32)48-41(57)30-13-10-16-45-24-30/h8-22,24,46,53,55-56H,23,25H2,1-7H3,(H,47,54)(H,48,57). The molecule has 16 nitrogen and oxygen atoms in total. The zero-order valence-electron chi connectivity index (χ0n) is 34.7. The van der Waals surface area contributed by atoms with Crippen LogP contribution in [0.2, 0.25) is 0 Å². The van der Waals surface area contributed by atoms with Gasteiger partial charge in [0.05, 0.1) is 33.2 Å². The predicted octanol–water partition coefficient (Wildman–Crippen LogP) is 9.60. The van der Waals surface area contributed by atoms with Crippen molar-refractivity contribution in [2.24, 2.45) is 15.6 Å². The number of benzene rings is 4. The first-order valence-corrected chi connectivity index (χ1v) is 20.7. The van der Waals surface area contributed by atoms with Gasteiger partial charge in [-0.1, -0.05) is 69.2 Å². The van der Waals surface area contributed by atoms with Gasteiger partial charge in [-0.15, -0.1) is 5.11 Å². The summed E-state index contributed by atoms with van der Waals surface area (Å²) in [5.41, 5.74) is 4.02. The maximum absolute atomic E-state index is 13.5. The minimum atomic E-state index is -4.05. The van der Waals surface area contributed by atoms with Gasteiger partial charge in [-0.05, 0) is 102 Å². The van der Waals surface area contributed by atoms with E-state index < -0.39 is 27.6 Å². The Kier molecular flexibility index (Phi) is 12.5. The van der Waals surface area contributed by atoms with Crippen LogP contribution in [-0.4, -0.2) is 45.6 Å². The lowest BCUT2D eigenvalue weighted by Gasteiger charge is -2.34. The second-order valence-corrected chi connectivity index (χ2v) is 18.0. The Morgan fingerprint density at radius 1 is 0.852 bits per heavy atom. The van der Waals surface area contributed by atoms with Crippen LogP contribution in [0.25, 0.3) is 11.4 Å². The third-order valence-electron chi connectivity index (χ3n) is 9.36. The number of amides is 2. The molecule has 61 heavy (non-hydrogen) atoms. The molecule has 4 aromatic carbocycles. The van der Waals surface area contributed by atoms with E-state index in [9.17, 15) is 28.2 Å². The Labute approximate surface area is 353 Å². The van der Waals surface area contributed by atoms with E-state index in [1.165, 1.54) is 37.5 Å². The predicted molar refractivity (Wildman–Crippen MR) is 233 cm³/mol. The summed E-state index contributed by atoms with van der Waals surface area (Å²) >= 11 is 0. The van der Waals surface area contributed by atoms with Gasteiger partial charge in [-0.3, -0.25) is 19.3 Å². The number of aromatic hydroxyl groups is 2. The third kappa shape index (κ3) is 11.1. The number of anilines is 4. The van der Waals surface area contributed by atoms with Gasteiger partial charge < -0.3 is 30.7 Å². The van der Waals surface area contributed by atoms with E-state index in [-0.39, 0.29) is 68.2 Å². The zero-order valence-corrected chi connectivity index (χ0v) is 35.5. The Bertz CT molecular complexity index is 2730. The van der Waals surface area contributed by atoms with Crippen LogP contribution in [0.4, 0.5) is 34.5 Å². The number of aryl methyl sites for hydroxylation is 1. The number of aromatic nitrogens is 3. The van der Waals surface area contributed by atoms with E-state index in [4.69, 9.17) is 4.52 Å². The monoisotopic (exact) mass is 845 g/mol. The molecule has 6 N–H and O–H groups in total. The molecule has 0 saturated heterocycles. The fraction of sp³-hybridized carbons (Fsp3) is 0.250. The molecule has 0 unspecified atom stereocenters. The Hall–Kier alpha value is -7.14. The lowest BCUT2D eigenvalue weighted by molar-refractivity contribution is -0.114. The van der Waals surface area contributed by atoms with Crippen molar-refractivity contribution in [3.63, 3.8) is 0 Å². The molecule has 0 aliphatic heterocycles. The van der Waals surface area contributed by atoms with Gasteiger partial charge in [-0.2, -0.15) is 4.98 Å². The van der Waals surface area contributed by atoms with Crippen molar-refractivity contribution < 1.29 is 32.7 Å². The summed E-state index contributed by atoms with van der Waals surface area (Å²) < 4.78 is 34.9. The average Bonchev–Trinajstić information content (AvgIpc) is 3.68. The van der Waals surface area contributed by atoms with Crippen molar-refractivity contribution in [3.8, 4) is 22.9 Å². The molecule has 0 atom stereocenters. The molecule has 6 rings (SSSR count). The highest BCUT2D eigenvalue weighted by Gasteiger charge is 2.30.